The van der Waals surface area contributed by atoms with Crippen LogP contribution in [-0.4, -0.2) is 45.1 Å². The Morgan fingerprint density at radius 3 is 2.95 bits per heavy atom. The first-order valence-corrected chi connectivity index (χ1v) is 8.50. The number of ether oxygens (including phenoxy) is 2. The van der Waals surface area contributed by atoms with E-state index in [1.54, 1.807) is 15.8 Å². The van der Waals surface area contributed by atoms with Crippen LogP contribution in [0.5, 0.6) is 5.75 Å². The standard InChI is InChI=1S/C12H19NO4S2/c1-4-12(2)9-17-7-6-13(12)19(14,15)11-10(16-3)5-8-18-11/h5,8H,4,6-7,9H2,1-3H3. The highest BCUT2D eigenvalue weighted by molar-refractivity contribution is 7.91. The van der Waals surface area contributed by atoms with E-state index in [1.807, 2.05) is 13.8 Å². The molecule has 1 aliphatic heterocycles. The van der Waals surface area contributed by atoms with Crippen LogP contribution in [0.25, 0.3) is 0 Å². The number of hydrogen-bond donors (Lipinski definition) is 0. The van der Waals surface area contributed by atoms with E-state index in [9.17, 15) is 8.42 Å². The quantitative estimate of drug-likeness (QED) is 0.853. The van der Waals surface area contributed by atoms with Gasteiger partial charge in [0.1, 0.15) is 5.75 Å². The lowest BCUT2D eigenvalue weighted by atomic mass is 9.99. The Morgan fingerprint density at radius 2 is 2.32 bits per heavy atom. The van der Waals surface area contributed by atoms with Crippen LogP contribution < -0.4 is 4.74 Å². The number of methoxy groups -OCH3 is 1. The minimum absolute atomic E-state index is 0.275. The first-order valence-electron chi connectivity index (χ1n) is 6.18. The molecule has 1 unspecified atom stereocenters. The van der Waals surface area contributed by atoms with E-state index in [0.29, 0.717) is 31.9 Å². The summed E-state index contributed by atoms with van der Waals surface area (Å²) in [4.78, 5) is 0. The smallest absolute Gasteiger partial charge is 0.256 e. The van der Waals surface area contributed by atoms with Gasteiger partial charge in [0.15, 0.2) is 4.21 Å². The van der Waals surface area contributed by atoms with Gasteiger partial charge in [-0.1, -0.05) is 6.92 Å². The summed E-state index contributed by atoms with van der Waals surface area (Å²) in [7, 11) is -2.05. The van der Waals surface area contributed by atoms with Gasteiger partial charge in [-0.2, -0.15) is 4.31 Å². The molecular weight excluding hydrogens is 286 g/mol. The molecule has 0 spiro atoms. The molecule has 0 amide bonds. The fourth-order valence-electron chi connectivity index (χ4n) is 2.19. The second-order valence-electron chi connectivity index (χ2n) is 4.76. The lowest BCUT2D eigenvalue weighted by molar-refractivity contribution is -0.0185. The van der Waals surface area contributed by atoms with E-state index in [4.69, 9.17) is 9.47 Å². The second kappa shape index (κ2) is 5.40. The van der Waals surface area contributed by atoms with Crippen LogP contribution in [0.4, 0.5) is 0 Å². The summed E-state index contributed by atoms with van der Waals surface area (Å²) < 4.78 is 38.0. The highest BCUT2D eigenvalue weighted by atomic mass is 32.2. The van der Waals surface area contributed by atoms with Crippen molar-refractivity contribution in [3.63, 3.8) is 0 Å². The Labute approximate surface area is 118 Å². The predicted octanol–water partition coefficient (Wildman–Crippen LogP) is 1.95. The van der Waals surface area contributed by atoms with Gasteiger partial charge in [-0.05, 0) is 24.8 Å². The lowest BCUT2D eigenvalue weighted by Gasteiger charge is -2.42. The average molecular weight is 305 g/mol. The Bertz CT molecular complexity index is 540. The van der Waals surface area contributed by atoms with E-state index >= 15 is 0 Å². The van der Waals surface area contributed by atoms with Crippen LogP contribution in [-0.2, 0) is 14.8 Å². The summed E-state index contributed by atoms with van der Waals surface area (Å²) in [5.74, 6) is 0.412. The largest absolute Gasteiger partial charge is 0.494 e. The monoisotopic (exact) mass is 305 g/mol. The fourth-order valence-corrected chi connectivity index (χ4v) is 5.38. The molecule has 0 saturated carbocycles. The highest BCUT2D eigenvalue weighted by Gasteiger charge is 2.43. The van der Waals surface area contributed by atoms with Crippen LogP contribution in [0.3, 0.4) is 0 Å². The van der Waals surface area contributed by atoms with E-state index < -0.39 is 15.6 Å². The molecule has 19 heavy (non-hydrogen) atoms. The molecule has 1 saturated heterocycles. The maximum atomic E-state index is 12.8. The Kier molecular flexibility index (Phi) is 4.20. The van der Waals surface area contributed by atoms with Crippen molar-refractivity contribution in [2.75, 3.05) is 26.9 Å². The van der Waals surface area contributed by atoms with Gasteiger partial charge in [0.25, 0.3) is 10.0 Å². The van der Waals surface area contributed by atoms with Crippen molar-refractivity contribution >= 4 is 21.4 Å². The van der Waals surface area contributed by atoms with E-state index in [0.717, 1.165) is 0 Å². The summed E-state index contributed by atoms with van der Waals surface area (Å²) in [6, 6.07) is 1.68. The number of thiophene rings is 1. The third-order valence-electron chi connectivity index (χ3n) is 3.56. The molecule has 1 aromatic heterocycles. The molecule has 0 bridgehead atoms. The van der Waals surface area contributed by atoms with Gasteiger partial charge >= 0.3 is 0 Å². The van der Waals surface area contributed by atoms with Gasteiger partial charge in [-0.3, -0.25) is 0 Å². The maximum absolute atomic E-state index is 12.8. The zero-order valence-corrected chi connectivity index (χ0v) is 13.0. The third-order valence-corrected chi connectivity index (χ3v) is 7.04. The summed E-state index contributed by atoms with van der Waals surface area (Å²) >= 11 is 1.19. The van der Waals surface area contributed by atoms with Crippen LogP contribution >= 0.6 is 11.3 Å². The molecular formula is C12H19NO4S2. The van der Waals surface area contributed by atoms with Crippen molar-refractivity contribution in [3.05, 3.63) is 11.4 Å². The first-order chi connectivity index (χ1) is 8.95. The Balaban J connectivity index is 2.43. The molecule has 1 fully saturated rings. The van der Waals surface area contributed by atoms with Gasteiger partial charge < -0.3 is 9.47 Å². The van der Waals surface area contributed by atoms with Gasteiger partial charge in [-0.25, -0.2) is 8.42 Å². The molecule has 0 radical (unpaired) electrons. The molecule has 1 atom stereocenters. The summed E-state index contributed by atoms with van der Waals surface area (Å²) in [6.07, 6.45) is 0.708. The number of nitrogens with zero attached hydrogens (tertiary/aromatic N) is 1. The minimum Gasteiger partial charge on any atom is -0.494 e. The zero-order valence-electron chi connectivity index (χ0n) is 11.4. The van der Waals surface area contributed by atoms with Gasteiger partial charge in [0.2, 0.25) is 0 Å². The number of morpholine rings is 1. The fraction of sp³-hybridized carbons (Fsp3) is 0.667. The van der Waals surface area contributed by atoms with Crippen LogP contribution in [0.15, 0.2) is 15.7 Å². The van der Waals surface area contributed by atoms with Gasteiger partial charge in [0.05, 0.1) is 25.9 Å². The predicted molar refractivity (Wildman–Crippen MR) is 74.3 cm³/mol. The van der Waals surface area contributed by atoms with E-state index in [2.05, 4.69) is 0 Å². The van der Waals surface area contributed by atoms with E-state index in [1.165, 1.54) is 18.4 Å². The molecule has 1 aliphatic rings. The topological polar surface area (TPSA) is 55.8 Å². The van der Waals surface area contributed by atoms with Crippen molar-refractivity contribution in [2.24, 2.45) is 0 Å². The molecule has 2 rings (SSSR count). The molecule has 2 heterocycles. The van der Waals surface area contributed by atoms with Crippen molar-refractivity contribution in [1.82, 2.24) is 4.31 Å². The number of sulfonamides is 1. The first kappa shape index (κ1) is 14.8. The SMILES string of the molecule is CCC1(C)COCCN1S(=O)(=O)c1sccc1OC. The third kappa shape index (κ3) is 2.52. The van der Waals surface area contributed by atoms with Crippen molar-refractivity contribution < 1.29 is 17.9 Å². The average Bonchev–Trinajstić information content (AvgIpc) is 2.88. The van der Waals surface area contributed by atoms with Crippen LogP contribution in [0, 0.1) is 0 Å². The normalized spacial score (nSPS) is 25.4. The summed E-state index contributed by atoms with van der Waals surface area (Å²) in [5.41, 5.74) is -0.494. The molecule has 5 nitrogen and oxygen atoms in total. The number of hydrogen-bond acceptors (Lipinski definition) is 5. The van der Waals surface area contributed by atoms with Gasteiger partial charge in [-0.15, -0.1) is 11.3 Å². The van der Waals surface area contributed by atoms with Crippen molar-refractivity contribution in [3.8, 4) is 5.75 Å². The zero-order chi connectivity index (χ0) is 14.1. The van der Waals surface area contributed by atoms with Crippen molar-refractivity contribution in [2.45, 2.75) is 30.0 Å². The Hall–Kier alpha value is -0.630. The highest BCUT2D eigenvalue weighted by Crippen LogP contribution is 2.36. The summed E-state index contributed by atoms with van der Waals surface area (Å²) in [5, 5.41) is 1.73. The molecule has 108 valence electrons. The molecule has 7 heteroatoms. The number of rotatable bonds is 4. The maximum Gasteiger partial charge on any atom is 0.256 e. The van der Waals surface area contributed by atoms with Crippen LogP contribution in [0.2, 0.25) is 0 Å². The van der Waals surface area contributed by atoms with E-state index in [-0.39, 0.29) is 4.21 Å². The van der Waals surface area contributed by atoms with Gasteiger partial charge in [0, 0.05) is 6.54 Å². The molecule has 0 aliphatic carbocycles. The van der Waals surface area contributed by atoms with Crippen LogP contribution in [0.1, 0.15) is 20.3 Å². The lowest BCUT2D eigenvalue weighted by Crippen LogP contribution is -2.56. The van der Waals surface area contributed by atoms with Crippen molar-refractivity contribution in [1.29, 1.82) is 0 Å². The Morgan fingerprint density at radius 1 is 1.58 bits per heavy atom. The molecule has 0 N–H and O–H groups in total. The minimum atomic E-state index is -3.53. The molecule has 0 aromatic carbocycles. The second-order valence-corrected chi connectivity index (χ2v) is 7.73. The summed E-state index contributed by atoms with van der Waals surface area (Å²) in [6.45, 7) is 5.14. The molecule has 1 aromatic rings.